The number of hydrogen-bond acceptors (Lipinski definition) is 4. The van der Waals surface area contributed by atoms with Crippen LogP contribution in [-0.2, 0) is 11.3 Å². The molecular formula is C17H30N2OS. The average molecular weight is 311 g/mol. The van der Waals surface area contributed by atoms with Crippen LogP contribution in [0.5, 0.6) is 0 Å². The molecule has 0 aliphatic heterocycles. The molecule has 1 N–H and O–H groups in total. The molecule has 1 fully saturated rings. The summed E-state index contributed by atoms with van der Waals surface area (Å²) in [7, 11) is 1.79. The number of hydrogen-bond donors (Lipinski definition) is 1. The molecule has 0 saturated heterocycles. The Bertz CT molecular complexity index is 478. The largest absolute Gasteiger partial charge is 0.374 e. The summed E-state index contributed by atoms with van der Waals surface area (Å²) >= 11 is 1.83. The summed E-state index contributed by atoms with van der Waals surface area (Å²) in [6, 6.07) is 0. The lowest BCUT2D eigenvalue weighted by Crippen LogP contribution is -2.35. The van der Waals surface area contributed by atoms with Crippen molar-refractivity contribution in [2.45, 2.75) is 78.5 Å². The van der Waals surface area contributed by atoms with Gasteiger partial charge < -0.3 is 10.1 Å². The first-order chi connectivity index (χ1) is 9.62. The van der Waals surface area contributed by atoms with Gasteiger partial charge in [-0.2, -0.15) is 0 Å². The maximum atomic E-state index is 5.74. The van der Waals surface area contributed by atoms with Gasteiger partial charge in [0.05, 0.1) is 5.69 Å². The quantitative estimate of drug-likeness (QED) is 0.860. The summed E-state index contributed by atoms with van der Waals surface area (Å²) < 4.78 is 5.74. The molecule has 1 aromatic rings. The summed E-state index contributed by atoms with van der Waals surface area (Å²) in [6.07, 6.45) is 2.65. The molecule has 4 heteroatoms. The van der Waals surface area contributed by atoms with Crippen LogP contribution < -0.4 is 5.32 Å². The van der Waals surface area contributed by atoms with E-state index in [1.54, 1.807) is 7.11 Å². The maximum absolute atomic E-state index is 5.74. The molecule has 1 aliphatic carbocycles. The highest BCUT2D eigenvalue weighted by molar-refractivity contribution is 7.11. The molecule has 0 amide bonds. The Labute approximate surface area is 133 Å². The number of nitrogens with one attached hydrogen (secondary N) is 1. The van der Waals surface area contributed by atoms with E-state index in [4.69, 9.17) is 9.72 Å². The van der Waals surface area contributed by atoms with Gasteiger partial charge in [-0.3, -0.25) is 0 Å². The van der Waals surface area contributed by atoms with Crippen molar-refractivity contribution in [1.82, 2.24) is 10.3 Å². The molecule has 0 aromatic carbocycles. The van der Waals surface area contributed by atoms with Crippen LogP contribution in [0.2, 0.25) is 0 Å². The molecule has 2 rings (SSSR count). The molecule has 0 radical (unpaired) electrons. The van der Waals surface area contributed by atoms with Crippen molar-refractivity contribution in [2.75, 3.05) is 7.11 Å². The van der Waals surface area contributed by atoms with E-state index >= 15 is 0 Å². The highest BCUT2D eigenvalue weighted by atomic mass is 32.1. The number of nitrogens with zero attached hydrogens (tertiary/aromatic N) is 1. The van der Waals surface area contributed by atoms with Crippen molar-refractivity contribution in [2.24, 2.45) is 5.41 Å². The van der Waals surface area contributed by atoms with Crippen molar-refractivity contribution in [3.8, 4) is 0 Å². The van der Waals surface area contributed by atoms with Crippen LogP contribution in [0.4, 0.5) is 0 Å². The highest BCUT2D eigenvalue weighted by Gasteiger charge is 2.34. The predicted octanol–water partition coefficient (Wildman–Crippen LogP) is 4.64. The Morgan fingerprint density at radius 3 is 2.29 bits per heavy atom. The summed E-state index contributed by atoms with van der Waals surface area (Å²) in [6.45, 7) is 14.2. The number of methoxy groups -OCH3 is 1. The standard InChI is InChI=1S/C17H30N2OS/c1-16(2,3)14(20-7)15-19-13(11-8-9-11)12(21-15)10-18-17(4,5)6/h11,14,18H,8-10H2,1-7H3. The van der Waals surface area contributed by atoms with Gasteiger partial charge in [0.25, 0.3) is 0 Å². The molecule has 1 atom stereocenters. The van der Waals surface area contributed by atoms with Crippen LogP contribution in [0.25, 0.3) is 0 Å². The number of aromatic nitrogens is 1. The van der Waals surface area contributed by atoms with Gasteiger partial charge in [0.15, 0.2) is 0 Å². The normalized spacial score (nSPS) is 18.0. The second-order valence-electron chi connectivity index (χ2n) is 8.22. The first kappa shape index (κ1) is 16.9. The van der Waals surface area contributed by atoms with Crippen LogP contribution in [0, 0.1) is 5.41 Å². The van der Waals surface area contributed by atoms with Gasteiger partial charge in [-0.1, -0.05) is 20.8 Å². The first-order valence-electron chi connectivity index (χ1n) is 7.89. The molecule has 1 aliphatic rings. The van der Waals surface area contributed by atoms with Crippen molar-refractivity contribution < 1.29 is 4.74 Å². The number of thiazole rings is 1. The minimum atomic E-state index is 0.0716. The van der Waals surface area contributed by atoms with E-state index in [9.17, 15) is 0 Å². The highest BCUT2D eigenvalue weighted by Crippen LogP contribution is 2.45. The monoisotopic (exact) mass is 310 g/mol. The lowest BCUT2D eigenvalue weighted by molar-refractivity contribution is 0.0149. The zero-order chi connectivity index (χ0) is 15.8. The van der Waals surface area contributed by atoms with E-state index in [-0.39, 0.29) is 17.1 Å². The third kappa shape index (κ3) is 4.51. The van der Waals surface area contributed by atoms with Crippen molar-refractivity contribution in [1.29, 1.82) is 0 Å². The van der Waals surface area contributed by atoms with Crippen molar-refractivity contribution >= 4 is 11.3 Å². The molecule has 120 valence electrons. The third-order valence-electron chi connectivity index (χ3n) is 3.73. The van der Waals surface area contributed by atoms with Crippen molar-refractivity contribution in [3.05, 3.63) is 15.6 Å². The number of rotatable bonds is 5. The molecule has 1 saturated carbocycles. The molecule has 1 heterocycles. The van der Waals surface area contributed by atoms with Crippen LogP contribution in [0.1, 0.15) is 82.0 Å². The molecule has 3 nitrogen and oxygen atoms in total. The van der Waals surface area contributed by atoms with E-state index in [1.807, 2.05) is 11.3 Å². The summed E-state index contributed by atoms with van der Waals surface area (Å²) in [5, 5.41) is 4.74. The summed E-state index contributed by atoms with van der Waals surface area (Å²) in [5.74, 6) is 0.684. The second-order valence-corrected chi connectivity index (χ2v) is 9.34. The Hall–Kier alpha value is -0.450. The third-order valence-corrected chi connectivity index (χ3v) is 4.85. The van der Waals surface area contributed by atoms with Gasteiger partial charge in [-0.25, -0.2) is 4.98 Å². The van der Waals surface area contributed by atoms with Crippen LogP contribution in [0.3, 0.4) is 0 Å². The van der Waals surface area contributed by atoms with Gasteiger partial charge in [0.2, 0.25) is 0 Å². The minimum absolute atomic E-state index is 0.0716. The number of ether oxygens (including phenoxy) is 1. The molecule has 21 heavy (non-hydrogen) atoms. The Kier molecular flexibility index (Phi) is 4.81. The molecule has 0 bridgehead atoms. The average Bonchev–Trinajstić information content (AvgIpc) is 3.07. The van der Waals surface area contributed by atoms with Crippen LogP contribution in [0.15, 0.2) is 0 Å². The zero-order valence-electron chi connectivity index (χ0n) is 14.5. The van der Waals surface area contributed by atoms with E-state index in [1.165, 1.54) is 23.4 Å². The van der Waals surface area contributed by atoms with Gasteiger partial charge >= 0.3 is 0 Å². The predicted molar refractivity (Wildman–Crippen MR) is 89.9 cm³/mol. The van der Waals surface area contributed by atoms with E-state index in [0.717, 1.165) is 11.6 Å². The van der Waals surface area contributed by atoms with E-state index < -0.39 is 0 Å². The van der Waals surface area contributed by atoms with E-state index in [2.05, 4.69) is 46.9 Å². The Balaban J connectivity index is 2.24. The van der Waals surface area contributed by atoms with Gasteiger partial charge in [-0.05, 0) is 39.0 Å². The zero-order valence-corrected chi connectivity index (χ0v) is 15.4. The smallest absolute Gasteiger partial charge is 0.123 e. The fraction of sp³-hybridized carbons (Fsp3) is 0.824. The van der Waals surface area contributed by atoms with E-state index in [0.29, 0.717) is 5.92 Å². The minimum Gasteiger partial charge on any atom is -0.374 e. The first-order valence-corrected chi connectivity index (χ1v) is 8.71. The molecule has 0 spiro atoms. The topological polar surface area (TPSA) is 34.1 Å². The molecule has 1 unspecified atom stereocenters. The van der Waals surface area contributed by atoms with Crippen LogP contribution in [-0.4, -0.2) is 17.6 Å². The Morgan fingerprint density at radius 2 is 1.86 bits per heavy atom. The summed E-state index contributed by atoms with van der Waals surface area (Å²) in [5.41, 5.74) is 1.52. The fourth-order valence-electron chi connectivity index (χ4n) is 2.47. The fourth-order valence-corrected chi connectivity index (χ4v) is 3.88. The van der Waals surface area contributed by atoms with Crippen LogP contribution >= 0.6 is 11.3 Å². The second kappa shape index (κ2) is 5.98. The molecular weight excluding hydrogens is 280 g/mol. The SMILES string of the molecule is COC(c1nc(C2CC2)c(CNC(C)(C)C)s1)C(C)(C)C. The molecule has 1 aromatic heterocycles. The lowest BCUT2D eigenvalue weighted by atomic mass is 9.89. The Morgan fingerprint density at radius 1 is 1.24 bits per heavy atom. The maximum Gasteiger partial charge on any atom is 0.123 e. The van der Waals surface area contributed by atoms with Gasteiger partial charge in [0, 0.05) is 30.0 Å². The lowest BCUT2D eigenvalue weighted by Gasteiger charge is -2.27. The van der Waals surface area contributed by atoms with Crippen molar-refractivity contribution in [3.63, 3.8) is 0 Å². The summed E-state index contributed by atoms with van der Waals surface area (Å²) in [4.78, 5) is 6.36. The van der Waals surface area contributed by atoms with Gasteiger partial charge in [-0.15, -0.1) is 11.3 Å². The van der Waals surface area contributed by atoms with Gasteiger partial charge in [0.1, 0.15) is 11.1 Å².